The van der Waals surface area contributed by atoms with Crippen LogP contribution in [0.5, 0.6) is 5.75 Å². The molecule has 182 valence electrons. The van der Waals surface area contributed by atoms with Gasteiger partial charge in [0.2, 0.25) is 0 Å². The summed E-state index contributed by atoms with van der Waals surface area (Å²) in [4.78, 5) is 36.6. The summed E-state index contributed by atoms with van der Waals surface area (Å²) in [5.74, 6) is -0.923. The summed E-state index contributed by atoms with van der Waals surface area (Å²) >= 11 is 0. The molecule has 5 rings (SSSR count). The Kier molecular flexibility index (Phi) is 6.80. The van der Waals surface area contributed by atoms with E-state index in [4.69, 9.17) is 14.6 Å². The highest BCUT2D eigenvalue weighted by molar-refractivity contribution is 6.26. The van der Waals surface area contributed by atoms with Crippen molar-refractivity contribution in [3.05, 3.63) is 53.6 Å². The summed E-state index contributed by atoms with van der Waals surface area (Å²) in [6.45, 7) is 1.80. The molecule has 11 nitrogen and oxygen atoms in total. The number of nitrogens with zero attached hydrogens (tertiary/aromatic N) is 2. The summed E-state index contributed by atoms with van der Waals surface area (Å²) in [5.41, 5.74) is 6.35. The van der Waals surface area contributed by atoms with E-state index >= 15 is 0 Å². The van der Waals surface area contributed by atoms with Gasteiger partial charge >= 0.3 is 12.0 Å². The van der Waals surface area contributed by atoms with Gasteiger partial charge < -0.3 is 19.9 Å². The standard InChI is InChI=1S/C23H21N5O6.CH4/c29-17(30)12-34-14-6-4-13(5-7-14)20-19-21(26-25-20)15-2-1-3-16(18(15)22(19)31)24-23(32)27-28-8-10-33-11-9-28;/h1-7H,8-12H2,(H,25,26)(H,29,30)(H2,24,27,32);1H4. The number of amides is 2. The van der Waals surface area contributed by atoms with E-state index in [9.17, 15) is 14.4 Å². The molecule has 2 aliphatic rings. The van der Waals surface area contributed by atoms with Crippen molar-refractivity contribution in [2.45, 2.75) is 7.43 Å². The topological polar surface area (TPSA) is 146 Å². The number of rotatable bonds is 6. The van der Waals surface area contributed by atoms with E-state index in [1.165, 1.54) is 0 Å². The largest absolute Gasteiger partial charge is 0.482 e. The Morgan fingerprint density at radius 2 is 1.86 bits per heavy atom. The highest BCUT2D eigenvalue weighted by atomic mass is 16.5. The Bertz CT molecular complexity index is 1260. The number of hydrogen-bond donors (Lipinski definition) is 4. The fourth-order valence-corrected chi connectivity index (χ4v) is 4.02. The van der Waals surface area contributed by atoms with Crippen LogP contribution in [0.25, 0.3) is 22.5 Å². The number of aromatic nitrogens is 2. The van der Waals surface area contributed by atoms with Gasteiger partial charge in [-0.05, 0) is 30.3 Å². The predicted molar refractivity (Wildman–Crippen MR) is 127 cm³/mol. The van der Waals surface area contributed by atoms with Crippen LogP contribution in [0.2, 0.25) is 0 Å². The number of H-pyrrole nitrogens is 1. The first kappa shape index (κ1) is 23.9. The van der Waals surface area contributed by atoms with Crippen LogP contribution in [0.15, 0.2) is 42.5 Å². The number of aromatic amines is 1. The Morgan fingerprint density at radius 3 is 2.57 bits per heavy atom. The van der Waals surface area contributed by atoms with Gasteiger partial charge in [-0.2, -0.15) is 5.10 Å². The lowest BCUT2D eigenvalue weighted by atomic mass is 10.0. The van der Waals surface area contributed by atoms with Gasteiger partial charge in [0.15, 0.2) is 12.4 Å². The van der Waals surface area contributed by atoms with Crippen LogP contribution in [0.4, 0.5) is 10.5 Å². The number of carbonyl (C=O) groups excluding carboxylic acids is 2. The molecule has 1 aromatic heterocycles. The van der Waals surface area contributed by atoms with E-state index in [2.05, 4.69) is 20.9 Å². The van der Waals surface area contributed by atoms with Crippen LogP contribution in [0, 0.1) is 0 Å². The smallest absolute Gasteiger partial charge is 0.341 e. The number of hydrazine groups is 1. The zero-order chi connectivity index (χ0) is 23.7. The molecule has 0 bridgehead atoms. The zero-order valence-corrected chi connectivity index (χ0v) is 18.0. The first-order chi connectivity index (χ1) is 16.5. The van der Waals surface area contributed by atoms with Crippen molar-refractivity contribution in [3.8, 4) is 28.3 Å². The van der Waals surface area contributed by atoms with Crippen molar-refractivity contribution in [1.82, 2.24) is 20.6 Å². The Hall–Kier alpha value is -4.22. The van der Waals surface area contributed by atoms with E-state index in [1.807, 2.05) is 0 Å². The first-order valence-corrected chi connectivity index (χ1v) is 10.6. The molecule has 2 heterocycles. The second-order valence-corrected chi connectivity index (χ2v) is 7.75. The summed E-state index contributed by atoms with van der Waals surface area (Å²) in [6.07, 6.45) is 0. The maximum Gasteiger partial charge on any atom is 0.341 e. The molecule has 1 aliphatic heterocycles. The third kappa shape index (κ3) is 4.72. The van der Waals surface area contributed by atoms with Crippen molar-refractivity contribution < 1.29 is 29.0 Å². The van der Waals surface area contributed by atoms with Gasteiger partial charge in [0.05, 0.1) is 35.7 Å². The highest BCUT2D eigenvalue weighted by Gasteiger charge is 2.35. The molecule has 0 saturated carbocycles. The maximum atomic E-state index is 13.4. The molecule has 1 saturated heterocycles. The summed E-state index contributed by atoms with van der Waals surface area (Å²) in [7, 11) is 0. The Labute approximate surface area is 201 Å². The quantitative estimate of drug-likeness (QED) is 0.330. The molecule has 4 N–H and O–H groups in total. The first-order valence-electron chi connectivity index (χ1n) is 10.6. The van der Waals surface area contributed by atoms with E-state index < -0.39 is 18.6 Å². The van der Waals surface area contributed by atoms with Gasteiger partial charge in [0.1, 0.15) is 11.4 Å². The third-order valence-corrected chi connectivity index (χ3v) is 5.56. The van der Waals surface area contributed by atoms with E-state index in [0.29, 0.717) is 71.4 Å². The molecule has 0 radical (unpaired) electrons. The Morgan fingerprint density at radius 1 is 1.11 bits per heavy atom. The van der Waals surface area contributed by atoms with Gasteiger partial charge in [-0.25, -0.2) is 14.6 Å². The zero-order valence-electron chi connectivity index (χ0n) is 18.0. The molecule has 3 aromatic rings. The minimum absolute atomic E-state index is 0. The molecule has 11 heteroatoms. The van der Waals surface area contributed by atoms with Crippen LogP contribution in [-0.4, -0.2) is 71.0 Å². The minimum atomic E-state index is -1.07. The number of carbonyl (C=O) groups is 3. The average molecular weight is 479 g/mol. The van der Waals surface area contributed by atoms with Gasteiger partial charge in [0, 0.05) is 24.2 Å². The number of ether oxygens (including phenoxy) is 2. The average Bonchev–Trinajstić information content (AvgIpc) is 3.39. The van der Waals surface area contributed by atoms with Crippen LogP contribution >= 0.6 is 0 Å². The van der Waals surface area contributed by atoms with Gasteiger partial charge in [-0.1, -0.05) is 19.6 Å². The van der Waals surface area contributed by atoms with Crippen molar-refractivity contribution in [1.29, 1.82) is 0 Å². The molecule has 0 spiro atoms. The SMILES string of the molecule is C.O=C(O)COc1ccc(-c2n[nH]c3c2C(=O)c2c(NC(=O)NN4CCOCC4)cccc2-3)cc1. The number of morpholine rings is 1. The lowest BCUT2D eigenvalue weighted by molar-refractivity contribution is -0.139. The fourth-order valence-electron chi connectivity index (χ4n) is 4.02. The molecule has 35 heavy (non-hydrogen) atoms. The normalized spacial score (nSPS) is 14.5. The number of carboxylic acids is 1. The van der Waals surface area contributed by atoms with E-state index in [-0.39, 0.29) is 13.2 Å². The minimum Gasteiger partial charge on any atom is -0.482 e. The predicted octanol–water partition coefficient (Wildman–Crippen LogP) is 2.76. The van der Waals surface area contributed by atoms with Crippen molar-refractivity contribution in [2.24, 2.45) is 0 Å². The van der Waals surface area contributed by atoms with Gasteiger partial charge in [-0.3, -0.25) is 15.3 Å². The number of ketones is 1. The number of fused-ring (bicyclic) bond motifs is 3. The number of benzene rings is 2. The monoisotopic (exact) mass is 479 g/mol. The number of urea groups is 1. The molecule has 1 fully saturated rings. The number of nitrogens with one attached hydrogen (secondary N) is 3. The molecule has 2 aromatic carbocycles. The molecular weight excluding hydrogens is 454 g/mol. The highest BCUT2D eigenvalue weighted by Crippen LogP contribution is 2.43. The summed E-state index contributed by atoms with van der Waals surface area (Å²) < 4.78 is 10.4. The number of carboxylic acid groups (broad SMARTS) is 1. The number of aliphatic carboxylic acids is 1. The van der Waals surface area contributed by atoms with Crippen LogP contribution in [0.3, 0.4) is 0 Å². The summed E-state index contributed by atoms with van der Waals surface area (Å²) in [5, 5.41) is 20.6. The molecular formula is C24H25N5O6. The maximum absolute atomic E-state index is 13.4. The lowest BCUT2D eigenvalue weighted by Crippen LogP contribution is -2.49. The lowest BCUT2D eigenvalue weighted by Gasteiger charge is -2.27. The van der Waals surface area contributed by atoms with Crippen molar-refractivity contribution in [2.75, 3.05) is 38.2 Å². The number of hydrogen-bond acceptors (Lipinski definition) is 7. The fraction of sp³-hybridized carbons (Fsp3) is 0.250. The van der Waals surface area contributed by atoms with E-state index in [0.717, 1.165) is 0 Å². The van der Waals surface area contributed by atoms with Crippen LogP contribution in [0.1, 0.15) is 23.3 Å². The van der Waals surface area contributed by atoms with Crippen LogP contribution < -0.4 is 15.5 Å². The van der Waals surface area contributed by atoms with Crippen molar-refractivity contribution >= 4 is 23.5 Å². The molecule has 0 unspecified atom stereocenters. The van der Waals surface area contributed by atoms with Crippen LogP contribution in [-0.2, 0) is 9.53 Å². The third-order valence-electron chi connectivity index (χ3n) is 5.56. The molecule has 1 aliphatic carbocycles. The Balaban J connectivity index is 0.00000289. The molecule has 0 atom stereocenters. The number of anilines is 1. The van der Waals surface area contributed by atoms with Gasteiger partial charge in [-0.15, -0.1) is 0 Å². The second kappa shape index (κ2) is 9.95. The molecule has 2 amide bonds. The van der Waals surface area contributed by atoms with E-state index in [1.54, 1.807) is 47.5 Å². The summed E-state index contributed by atoms with van der Waals surface area (Å²) in [6, 6.07) is 11.5. The van der Waals surface area contributed by atoms with Gasteiger partial charge in [0.25, 0.3) is 0 Å². The second-order valence-electron chi connectivity index (χ2n) is 7.75. The van der Waals surface area contributed by atoms with Crippen molar-refractivity contribution in [3.63, 3.8) is 0 Å².